The molecule has 0 aliphatic carbocycles. The van der Waals surface area contributed by atoms with Gasteiger partial charge in [-0.2, -0.15) is 0 Å². The van der Waals surface area contributed by atoms with Crippen molar-refractivity contribution < 1.29 is 14.0 Å². The molecule has 0 saturated carbocycles. The van der Waals surface area contributed by atoms with Crippen LogP contribution in [0.15, 0.2) is 54.6 Å². The minimum Gasteiger partial charge on any atom is -0.497 e. The number of hydrogen-bond donors (Lipinski definition) is 0. The maximum atomic E-state index is 6.29. The zero-order valence-corrected chi connectivity index (χ0v) is 15.6. The summed E-state index contributed by atoms with van der Waals surface area (Å²) in [6.45, 7) is 8.28. The highest BCUT2D eigenvalue weighted by Crippen LogP contribution is 2.41. The highest BCUT2D eigenvalue weighted by atomic mass is 16.7. The minimum atomic E-state index is -0.418. The van der Waals surface area contributed by atoms with E-state index < -0.39 is 7.12 Å². The van der Waals surface area contributed by atoms with Gasteiger partial charge in [-0.25, -0.2) is 0 Å². The van der Waals surface area contributed by atoms with Crippen LogP contribution in [0.1, 0.15) is 38.8 Å². The van der Waals surface area contributed by atoms with Crippen LogP contribution in [-0.4, -0.2) is 25.4 Å². The molecule has 1 fully saturated rings. The van der Waals surface area contributed by atoms with E-state index in [1.165, 1.54) is 0 Å². The third-order valence-corrected chi connectivity index (χ3v) is 5.03. The average Bonchev–Trinajstić information content (AvgIpc) is 2.81. The summed E-state index contributed by atoms with van der Waals surface area (Å²) in [5.74, 6) is 0.829. The van der Waals surface area contributed by atoms with Crippen molar-refractivity contribution in [3.8, 4) is 5.75 Å². The molecule has 1 aliphatic rings. The molecule has 0 bridgehead atoms. The molecule has 3 nitrogen and oxygen atoms in total. The van der Waals surface area contributed by atoms with E-state index in [9.17, 15) is 0 Å². The van der Waals surface area contributed by atoms with Crippen LogP contribution in [0.4, 0.5) is 0 Å². The van der Waals surface area contributed by atoms with Crippen LogP contribution < -0.4 is 4.74 Å². The van der Waals surface area contributed by atoms with E-state index in [1.807, 2.05) is 36.4 Å². The molecule has 2 aromatic carbocycles. The maximum Gasteiger partial charge on any atom is 0.495 e. The first-order valence-corrected chi connectivity index (χ1v) is 8.59. The lowest BCUT2D eigenvalue weighted by atomic mass is 9.73. The predicted octanol–water partition coefficient (Wildman–Crippen LogP) is 4.87. The third-order valence-electron chi connectivity index (χ3n) is 5.03. The monoisotopic (exact) mass is 336 g/mol. The van der Waals surface area contributed by atoms with Crippen LogP contribution in [0, 0.1) is 0 Å². The molecule has 1 heterocycles. The maximum absolute atomic E-state index is 6.29. The van der Waals surface area contributed by atoms with Gasteiger partial charge >= 0.3 is 7.12 Å². The largest absolute Gasteiger partial charge is 0.497 e. The molecule has 2 aromatic rings. The quantitative estimate of drug-likeness (QED) is 0.589. The van der Waals surface area contributed by atoms with Crippen molar-refractivity contribution >= 4 is 18.7 Å². The lowest BCUT2D eigenvalue weighted by molar-refractivity contribution is 0.00578. The number of hydrogen-bond acceptors (Lipinski definition) is 3. The van der Waals surface area contributed by atoms with Gasteiger partial charge in [-0.3, -0.25) is 0 Å². The van der Waals surface area contributed by atoms with Crippen LogP contribution in [0.2, 0.25) is 0 Å². The summed E-state index contributed by atoms with van der Waals surface area (Å²) in [6.07, 6.45) is 2.11. The van der Waals surface area contributed by atoms with E-state index in [-0.39, 0.29) is 11.2 Å². The van der Waals surface area contributed by atoms with Crippen LogP contribution in [0.5, 0.6) is 5.75 Å². The minimum absolute atomic E-state index is 0.375. The van der Waals surface area contributed by atoms with Crippen molar-refractivity contribution in [2.45, 2.75) is 38.9 Å². The van der Waals surface area contributed by atoms with Gasteiger partial charge in [-0.05, 0) is 56.4 Å². The molecule has 0 aromatic heterocycles. The number of methoxy groups -OCH3 is 1. The summed E-state index contributed by atoms with van der Waals surface area (Å²) in [5.41, 5.74) is 2.39. The lowest BCUT2D eigenvalue weighted by Gasteiger charge is -2.32. The van der Waals surface area contributed by atoms with Crippen LogP contribution in [0.25, 0.3) is 11.5 Å². The molecule has 0 amide bonds. The standard InChI is InChI=1S/C21H25BO3/c1-20(2)21(3,4)25-22(24-20)19(17-11-7-6-8-12-17)15-16-10-9-13-18(14-16)23-5/h6-15H,1-5H3/b19-15-. The Morgan fingerprint density at radius 1 is 0.920 bits per heavy atom. The van der Waals surface area contributed by atoms with Gasteiger partial charge in [-0.1, -0.05) is 48.5 Å². The zero-order valence-electron chi connectivity index (χ0n) is 15.6. The fourth-order valence-electron chi connectivity index (χ4n) is 2.80. The molecule has 1 aliphatic heterocycles. The number of rotatable bonds is 4. The fourth-order valence-corrected chi connectivity index (χ4v) is 2.80. The first-order chi connectivity index (χ1) is 11.8. The Kier molecular flexibility index (Phi) is 4.76. The Balaban J connectivity index is 2.04. The van der Waals surface area contributed by atoms with Gasteiger partial charge in [0.25, 0.3) is 0 Å². The summed E-state index contributed by atoms with van der Waals surface area (Å²) in [5, 5.41) is 0. The normalized spacial score (nSPS) is 19.1. The number of benzene rings is 2. The second-order valence-electron chi connectivity index (χ2n) is 7.33. The first-order valence-electron chi connectivity index (χ1n) is 8.59. The van der Waals surface area contributed by atoms with E-state index in [2.05, 4.69) is 52.0 Å². The molecule has 0 spiro atoms. The molecule has 0 N–H and O–H groups in total. The first kappa shape index (κ1) is 17.8. The summed E-state index contributed by atoms with van der Waals surface area (Å²) >= 11 is 0. The Morgan fingerprint density at radius 2 is 1.56 bits per heavy atom. The van der Waals surface area contributed by atoms with Crippen molar-refractivity contribution in [1.29, 1.82) is 0 Å². The predicted molar refractivity (Wildman–Crippen MR) is 103 cm³/mol. The topological polar surface area (TPSA) is 27.7 Å². The van der Waals surface area contributed by atoms with E-state index in [1.54, 1.807) is 7.11 Å². The summed E-state index contributed by atoms with van der Waals surface area (Å²) in [6, 6.07) is 18.2. The molecule has 3 rings (SSSR count). The third kappa shape index (κ3) is 3.65. The molecule has 4 heteroatoms. The fraction of sp³-hybridized carbons (Fsp3) is 0.333. The second-order valence-corrected chi connectivity index (χ2v) is 7.33. The van der Waals surface area contributed by atoms with E-state index in [0.717, 1.165) is 22.3 Å². The van der Waals surface area contributed by atoms with Crippen molar-refractivity contribution in [1.82, 2.24) is 0 Å². The SMILES string of the molecule is COc1cccc(/C=C(\B2OC(C)(C)C(C)(C)O2)c2ccccc2)c1. The van der Waals surface area contributed by atoms with Crippen molar-refractivity contribution in [3.05, 3.63) is 65.7 Å². The van der Waals surface area contributed by atoms with Crippen molar-refractivity contribution in [2.75, 3.05) is 7.11 Å². The van der Waals surface area contributed by atoms with Gasteiger partial charge in [0.15, 0.2) is 0 Å². The molecule has 25 heavy (non-hydrogen) atoms. The molecular weight excluding hydrogens is 311 g/mol. The Labute approximate surface area is 150 Å². The van der Waals surface area contributed by atoms with Gasteiger partial charge < -0.3 is 14.0 Å². The molecular formula is C21H25BO3. The van der Waals surface area contributed by atoms with Gasteiger partial charge in [0.1, 0.15) is 5.75 Å². The number of ether oxygens (including phenoxy) is 1. The van der Waals surface area contributed by atoms with E-state index in [4.69, 9.17) is 14.0 Å². The van der Waals surface area contributed by atoms with Crippen LogP contribution in [-0.2, 0) is 9.31 Å². The Bertz CT molecular complexity index is 750. The van der Waals surface area contributed by atoms with Gasteiger partial charge in [0, 0.05) is 0 Å². The Hall–Kier alpha value is -2.04. The lowest BCUT2D eigenvalue weighted by Crippen LogP contribution is -2.41. The second kappa shape index (κ2) is 6.70. The van der Waals surface area contributed by atoms with Crippen LogP contribution >= 0.6 is 0 Å². The van der Waals surface area contributed by atoms with Crippen molar-refractivity contribution in [2.24, 2.45) is 0 Å². The van der Waals surface area contributed by atoms with E-state index >= 15 is 0 Å². The summed E-state index contributed by atoms with van der Waals surface area (Å²) in [7, 11) is 1.26. The molecule has 0 atom stereocenters. The molecule has 0 unspecified atom stereocenters. The van der Waals surface area contributed by atoms with E-state index in [0.29, 0.717) is 0 Å². The van der Waals surface area contributed by atoms with Gasteiger partial charge in [0.2, 0.25) is 0 Å². The smallest absolute Gasteiger partial charge is 0.495 e. The summed E-state index contributed by atoms with van der Waals surface area (Å²) in [4.78, 5) is 0. The van der Waals surface area contributed by atoms with Crippen molar-refractivity contribution in [3.63, 3.8) is 0 Å². The molecule has 0 radical (unpaired) electrons. The Morgan fingerprint density at radius 3 is 2.16 bits per heavy atom. The highest BCUT2D eigenvalue weighted by molar-refractivity contribution is 6.70. The highest BCUT2D eigenvalue weighted by Gasteiger charge is 2.52. The van der Waals surface area contributed by atoms with Crippen LogP contribution in [0.3, 0.4) is 0 Å². The average molecular weight is 336 g/mol. The molecule has 130 valence electrons. The summed E-state index contributed by atoms with van der Waals surface area (Å²) < 4.78 is 17.9. The zero-order chi connectivity index (χ0) is 18.1. The van der Waals surface area contributed by atoms with Gasteiger partial charge in [0.05, 0.1) is 18.3 Å². The van der Waals surface area contributed by atoms with Gasteiger partial charge in [-0.15, -0.1) is 0 Å². The molecule has 1 saturated heterocycles.